The molecule has 0 aromatic carbocycles. The molecular weight excluding hydrogens is 416 g/mol. The summed E-state index contributed by atoms with van der Waals surface area (Å²) in [5.74, 6) is -1.28. The number of fused-ring (bicyclic) bond motifs is 4. The van der Waals surface area contributed by atoms with Crippen LogP contribution in [0.15, 0.2) is 23.0 Å². The second-order valence-corrected chi connectivity index (χ2v) is 10.4. The molecule has 1 aromatic rings. The SMILES string of the molecule is CC(=O)O[C@H]1[C@@H](C)[C@]2(C[C@H](c3ccoc3)OC2O)C2CC[C@H]3O[C@@]3(C)[C@]2(C)[C@H]1OC(C)=O. The summed E-state index contributed by atoms with van der Waals surface area (Å²) in [4.78, 5) is 24.3. The fraction of sp³-hybridized carbons (Fsp3) is 0.750. The van der Waals surface area contributed by atoms with Crippen LogP contribution in [0.1, 0.15) is 65.5 Å². The third-order valence-corrected chi connectivity index (χ3v) is 9.14. The minimum absolute atomic E-state index is 0.0503. The molecule has 2 saturated carbocycles. The standard InChI is InChI=1S/C24H32O8/c1-12-19(29-13(2)25)20(30-14(3)26)22(4)17(6-7-18-23(22,5)32-18)24(12)10-16(31-21(24)27)15-8-9-28-11-15/h8-9,11-12,16-21,27H,6-7,10H2,1-5H3/t12-,16-,17?,18-,19+,20+,21?,22+,23-,24-/m1/s1. The first-order valence-electron chi connectivity index (χ1n) is 11.4. The van der Waals surface area contributed by atoms with Crippen molar-refractivity contribution < 1.29 is 38.1 Å². The monoisotopic (exact) mass is 448 g/mol. The lowest BCUT2D eigenvalue weighted by atomic mass is 9.42. The molecule has 8 heteroatoms. The normalized spacial score (nSPS) is 49.2. The molecule has 0 radical (unpaired) electrons. The molecule has 5 rings (SSSR count). The van der Waals surface area contributed by atoms with E-state index in [0.717, 1.165) is 18.4 Å². The topological polar surface area (TPSA) is 108 Å². The van der Waals surface area contributed by atoms with Gasteiger partial charge in [0.2, 0.25) is 0 Å². The van der Waals surface area contributed by atoms with E-state index < -0.39 is 46.9 Å². The molecular formula is C24H32O8. The Morgan fingerprint density at radius 1 is 1.16 bits per heavy atom. The third-order valence-electron chi connectivity index (χ3n) is 9.14. The highest BCUT2D eigenvalue weighted by Crippen LogP contribution is 2.73. The molecule has 1 aromatic heterocycles. The highest BCUT2D eigenvalue weighted by Gasteiger charge is 2.80. The zero-order chi connectivity index (χ0) is 23.1. The maximum atomic E-state index is 12.2. The second-order valence-electron chi connectivity index (χ2n) is 10.4. The lowest BCUT2D eigenvalue weighted by Gasteiger charge is -2.63. The Morgan fingerprint density at radius 2 is 1.88 bits per heavy atom. The Hall–Kier alpha value is -1.90. The van der Waals surface area contributed by atoms with Crippen molar-refractivity contribution in [2.45, 2.75) is 90.2 Å². The van der Waals surface area contributed by atoms with E-state index in [-0.39, 0.29) is 24.0 Å². The van der Waals surface area contributed by atoms with Crippen LogP contribution in [-0.2, 0) is 28.5 Å². The zero-order valence-corrected chi connectivity index (χ0v) is 19.2. The Labute approximate surface area is 187 Å². The fourth-order valence-corrected chi connectivity index (χ4v) is 7.42. The van der Waals surface area contributed by atoms with E-state index in [4.69, 9.17) is 23.4 Å². The van der Waals surface area contributed by atoms with Crippen molar-refractivity contribution in [3.8, 4) is 0 Å². The number of esters is 2. The van der Waals surface area contributed by atoms with Crippen LogP contribution in [0.2, 0.25) is 0 Å². The van der Waals surface area contributed by atoms with Gasteiger partial charge in [-0.25, -0.2) is 0 Å². The molecule has 0 amide bonds. The average Bonchev–Trinajstić information content (AvgIpc) is 3.06. The Bertz CT molecular complexity index is 913. The number of hydrogen-bond acceptors (Lipinski definition) is 8. The number of epoxide rings is 1. The molecule has 0 bridgehead atoms. The number of furan rings is 1. The molecule has 3 heterocycles. The van der Waals surface area contributed by atoms with Gasteiger partial charge in [-0.05, 0) is 38.2 Å². The number of ether oxygens (including phenoxy) is 4. The van der Waals surface area contributed by atoms with Crippen LogP contribution in [0.3, 0.4) is 0 Å². The van der Waals surface area contributed by atoms with Crippen LogP contribution in [-0.4, -0.2) is 47.2 Å². The number of hydrogen-bond donors (Lipinski definition) is 1. The first-order valence-corrected chi connectivity index (χ1v) is 11.4. The molecule has 176 valence electrons. The summed E-state index contributed by atoms with van der Waals surface area (Å²) in [5.41, 5.74) is -1.07. The van der Waals surface area contributed by atoms with Gasteiger partial charge < -0.3 is 28.5 Å². The molecule has 2 unspecified atom stereocenters. The highest BCUT2D eigenvalue weighted by molar-refractivity contribution is 5.67. The molecule has 1 N–H and O–H groups in total. The summed E-state index contributed by atoms with van der Waals surface area (Å²) in [6.07, 6.45) is 2.63. The molecule has 2 saturated heterocycles. The maximum absolute atomic E-state index is 12.2. The van der Waals surface area contributed by atoms with Gasteiger partial charge in [-0.3, -0.25) is 9.59 Å². The van der Waals surface area contributed by atoms with Gasteiger partial charge in [-0.1, -0.05) is 13.8 Å². The molecule has 1 spiro atoms. The molecule has 2 aliphatic carbocycles. The smallest absolute Gasteiger partial charge is 0.303 e. The predicted octanol–water partition coefficient (Wildman–Crippen LogP) is 3.13. The van der Waals surface area contributed by atoms with Crippen molar-refractivity contribution in [1.29, 1.82) is 0 Å². The number of aliphatic hydroxyl groups excluding tert-OH is 1. The van der Waals surface area contributed by atoms with E-state index in [1.807, 2.05) is 19.9 Å². The molecule has 4 aliphatic rings. The Morgan fingerprint density at radius 3 is 2.50 bits per heavy atom. The van der Waals surface area contributed by atoms with Crippen molar-refractivity contribution in [3.05, 3.63) is 24.2 Å². The van der Waals surface area contributed by atoms with Gasteiger partial charge in [-0.2, -0.15) is 0 Å². The highest BCUT2D eigenvalue weighted by atomic mass is 16.6. The van der Waals surface area contributed by atoms with E-state index in [1.165, 1.54) is 13.8 Å². The average molecular weight is 449 g/mol. The van der Waals surface area contributed by atoms with Crippen LogP contribution in [0, 0.1) is 22.7 Å². The minimum Gasteiger partial charge on any atom is -0.472 e. The van der Waals surface area contributed by atoms with Gasteiger partial charge >= 0.3 is 11.9 Å². The Kier molecular flexibility index (Phi) is 4.83. The lowest BCUT2D eigenvalue weighted by molar-refractivity contribution is -0.278. The van der Waals surface area contributed by atoms with E-state index in [1.54, 1.807) is 12.5 Å². The van der Waals surface area contributed by atoms with Crippen molar-refractivity contribution in [3.63, 3.8) is 0 Å². The van der Waals surface area contributed by atoms with Gasteiger partial charge in [0.05, 0.1) is 24.7 Å². The quantitative estimate of drug-likeness (QED) is 0.555. The third kappa shape index (κ3) is 2.72. The van der Waals surface area contributed by atoms with Crippen molar-refractivity contribution in [2.24, 2.45) is 22.7 Å². The Balaban J connectivity index is 1.65. The summed E-state index contributed by atoms with van der Waals surface area (Å²) in [6, 6.07) is 1.84. The fourth-order valence-electron chi connectivity index (χ4n) is 7.42. The minimum atomic E-state index is -1.07. The predicted molar refractivity (Wildman–Crippen MR) is 110 cm³/mol. The van der Waals surface area contributed by atoms with Crippen LogP contribution < -0.4 is 0 Å². The molecule has 4 fully saturated rings. The van der Waals surface area contributed by atoms with Gasteiger partial charge in [0.15, 0.2) is 6.29 Å². The number of rotatable bonds is 3. The van der Waals surface area contributed by atoms with Gasteiger partial charge in [-0.15, -0.1) is 0 Å². The van der Waals surface area contributed by atoms with Crippen LogP contribution in [0.5, 0.6) is 0 Å². The molecule has 10 atom stereocenters. The van der Waals surface area contributed by atoms with Gasteiger partial charge in [0.1, 0.15) is 17.8 Å². The first-order chi connectivity index (χ1) is 15.1. The van der Waals surface area contributed by atoms with E-state index >= 15 is 0 Å². The van der Waals surface area contributed by atoms with Gasteiger partial charge in [0, 0.05) is 36.2 Å². The second kappa shape index (κ2) is 7.05. The largest absolute Gasteiger partial charge is 0.472 e. The number of carbonyl (C=O) groups excluding carboxylic acids is 2. The van der Waals surface area contributed by atoms with E-state index in [2.05, 4.69) is 6.92 Å². The number of carbonyl (C=O) groups is 2. The van der Waals surface area contributed by atoms with Crippen molar-refractivity contribution >= 4 is 11.9 Å². The van der Waals surface area contributed by atoms with Crippen LogP contribution in [0.4, 0.5) is 0 Å². The van der Waals surface area contributed by atoms with E-state index in [0.29, 0.717) is 6.42 Å². The molecule has 32 heavy (non-hydrogen) atoms. The first kappa shape index (κ1) is 21.9. The summed E-state index contributed by atoms with van der Waals surface area (Å²) in [5, 5.41) is 11.5. The van der Waals surface area contributed by atoms with Gasteiger partial charge in [0.25, 0.3) is 0 Å². The lowest BCUT2D eigenvalue weighted by Crippen LogP contribution is -2.71. The molecule has 8 nitrogen and oxygen atoms in total. The summed E-state index contributed by atoms with van der Waals surface area (Å²) >= 11 is 0. The summed E-state index contributed by atoms with van der Waals surface area (Å²) in [6.45, 7) is 8.80. The van der Waals surface area contributed by atoms with Crippen molar-refractivity contribution in [2.75, 3.05) is 0 Å². The number of aliphatic hydroxyl groups is 1. The molecule has 2 aliphatic heterocycles. The van der Waals surface area contributed by atoms with Crippen molar-refractivity contribution in [1.82, 2.24) is 0 Å². The summed E-state index contributed by atoms with van der Waals surface area (Å²) < 4.78 is 29.3. The van der Waals surface area contributed by atoms with Crippen LogP contribution >= 0.6 is 0 Å². The maximum Gasteiger partial charge on any atom is 0.303 e. The zero-order valence-electron chi connectivity index (χ0n) is 19.2. The van der Waals surface area contributed by atoms with E-state index in [9.17, 15) is 14.7 Å². The summed E-state index contributed by atoms with van der Waals surface area (Å²) in [7, 11) is 0. The van der Waals surface area contributed by atoms with Crippen LogP contribution in [0.25, 0.3) is 0 Å².